The van der Waals surface area contributed by atoms with Gasteiger partial charge in [0.1, 0.15) is 0 Å². The molecule has 1 aliphatic heterocycles. The lowest BCUT2D eigenvalue weighted by molar-refractivity contribution is -0.517. The lowest BCUT2D eigenvalue weighted by Crippen LogP contribution is -2.14. The quantitative estimate of drug-likeness (QED) is 0.529. The van der Waals surface area contributed by atoms with Crippen molar-refractivity contribution in [1.82, 2.24) is 0 Å². The molecule has 0 aliphatic carbocycles. The first-order valence-electron chi connectivity index (χ1n) is 4.12. The van der Waals surface area contributed by atoms with Crippen LogP contribution in [0.3, 0.4) is 0 Å². The molecule has 0 amide bonds. The van der Waals surface area contributed by atoms with Crippen molar-refractivity contribution in [3.63, 3.8) is 0 Å². The molecule has 1 aliphatic rings. The molecule has 0 radical (unpaired) electrons. The van der Waals surface area contributed by atoms with Crippen molar-refractivity contribution in [2.24, 2.45) is 0 Å². The van der Waals surface area contributed by atoms with Gasteiger partial charge in [-0.3, -0.25) is 0 Å². The fourth-order valence-corrected chi connectivity index (χ4v) is 0.919. The molecule has 0 saturated heterocycles. The summed E-state index contributed by atoms with van der Waals surface area (Å²) in [6.45, 7) is 8.62. The summed E-state index contributed by atoms with van der Waals surface area (Å²) < 4.78 is 4.17. The first-order valence-corrected chi connectivity index (χ1v) is 4.12. The van der Waals surface area contributed by atoms with Gasteiger partial charge in [-0.25, -0.2) is 0 Å². The van der Waals surface area contributed by atoms with Crippen LogP contribution < -0.4 is 0 Å². The van der Waals surface area contributed by atoms with Crippen molar-refractivity contribution in [2.75, 3.05) is 0 Å². The number of hydrogen-bond acceptors (Lipinski definition) is 0. The van der Waals surface area contributed by atoms with Crippen molar-refractivity contribution in [3.8, 4) is 0 Å². The zero-order valence-corrected chi connectivity index (χ0v) is 7.70. The van der Waals surface area contributed by atoms with Gasteiger partial charge in [-0.1, -0.05) is 9.15 Å². The largest absolute Gasteiger partial charge is 0.489 e. The van der Waals surface area contributed by atoms with Gasteiger partial charge in [0, 0.05) is 0 Å². The maximum Gasteiger partial charge on any atom is 0.489 e. The highest BCUT2D eigenvalue weighted by Gasteiger charge is 2.20. The second kappa shape index (κ2) is 3.02. The fourth-order valence-electron chi connectivity index (χ4n) is 0.919. The zero-order chi connectivity index (χ0) is 8.43. The summed E-state index contributed by atoms with van der Waals surface area (Å²) in [5.41, 5.74) is 0. The highest BCUT2D eigenvalue weighted by Crippen LogP contribution is 1.97. The number of hydrogen-bond donors (Lipinski definition) is 0. The minimum Gasteiger partial charge on any atom is -0.0925 e. The number of rotatable bonds is 2. The molecule has 60 valence electrons. The summed E-state index contributed by atoms with van der Waals surface area (Å²) in [5, 5.41) is 0. The van der Waals surface area contributed by atoms with Crippen molar-refractivity contribution < 1.29 is 9.15 Å². The van der Waals surface area contributed by atoms with Crippen LogP contribution in [0.4, 0.5) is 0 Å². The first-order chi connectivity index (χ1) is 5.11. The Morgan fingerprint density at radius 2 is 1.27 bits per heavy atom. The lowest BCUT2D eigenvalue weighted by atomic mass is 10.4. The van der Waals surface area contributed by atoms with E-state index in [0.717, 1.165) is 0 Å². The molecule has 0 aromatic carbocycles. The molecule has 0 fully saturated rings. The minimum atomic E-state index is 0.509. The van der Waals surface area contributed by atoms with Crippen LogP contribution in [0.5, 0.6) is 0 Å². The van der Waals surface area contributed by atoms with Crippen LogP contribution in [0.1, 0.15) is 27.7 Å². The van der Waals surface area contributed by atoms with Crippen molar-refractivity contribution in [2.45, 2.75) is 39.8 Å². The van der Waals surface area contributed by atoms with Crippen molar-refractivity contribution in [3.05, 3.63) is 12.4 Å². The Bertz CT molecular complexity index is 218. The Morgan fingerprint density at radius 1 is 0.909 bits per heavy atom. The molecule has 0 N–H and O–H groups in total. The van der Waals surface area contributed by atoms with Gasteiger partial charge in [-0.15, -0.1) is 0 Å². The topological polar surface area (TPSA) is 6.02 Å². The van der Waals surface area contributed by atoms with Crippen LogP contribution in [0.15, 0.2) is 12.4 Å². The van der Waals surface area contributed by atoms with Crippen molar-refractivity contribution >= 4 is 6.01 Å². The molecule has 0 bridgehead atoms. The Morgan fingerprint density at radius 3 is 1.45 bits per heavy atom. The van der Waals surface area contributed by atoms with Gasteiger partial charge < -0.3 is 0 Å². The third-order valence-corrected chi connectivity index (χ3v) is 1.73. The van der Waals surface area contributed by atoms with Crippen LogP contribution in [-0.4, -0.2) is 27.2 Å². The van der Waals surface area contributed by atoms with E-state index >= 15 is 0 Å². The van der Waals surface area contributed by atoms with E-state index in [1.165, 1.54) is 0 Å². The summed E-state index contributed by atoms with van der Waals surface area (Å²) in [4.78, 5) is 0. The Balaban J connectivity index is 2.88. The van der Waals surface area contributed by atoms with Crippen LogP contribution in [0, 0.1) is 0 Å². The highest BCUT2D eigenvalue weighted by atomic mass is 15.1. The standard InChI is InChI=1S/C9H16N2/c1-8(2)10-5-6-11(7-10)9(3)4/h5-6,8-9H,1-4H3/q+2. The normalized spacial score (nSPS) is 16.2. The van der Waals surface area contributed by atoms with E-state index in [-0.39, 0.29) is 0 Å². The van der Waals surface area contributed by atoms with Crippen LogP contribution in [0.25, 0.3) is 0 Å². The van der Waals surface area contributed by atoms with Gasteiger partial charge in [0.05, 0.1) is 0 Å². The van der Waals surface area contributed by atoms with E-state index in [9.17, 15) is 0 Å². The molecule has 0 unspecified atom stereocenters. The van der Waals surface area contributed by atoms with Crippen LogP contribution in [-0.2, 0) is 0 Å². The van der Waals surface area contributed by atoms with Crippen molar-refractivity contribution in [1.29, 1.82) is 0 Å². The highest BCUT2D eigenvalue weighted by molar-refractivity contribution is 5.29. The van der Waals surface area contributed by atoms with E-state index < -0.39 is 0 Å². The van der Waals surface area contributed by atoms with Crippen LogP contribution >= 0.6 is 0 Å². The zero-order valence-electron chi connectivity index (χ0n) is 7.70. The molecule has 2 nitrogen and oxygen atoms in total. The van der Waals surface area contributed by atoms with E-state index in [1.54, 1.807) is 0 Å². The summed E-state index contributed by atoms with van der Waals surface area (Å²) in [6.07, 6.45) is 4.12. The average Bonchev–Trinajstić information content (AvgIpc) is 2.33. The van der Waals surface area contributed by atoms with E-state index in [2.05, 4.69) is 55.3 Å². The number of nitrogens with zero attached hydrogens (tertiary/aromatic N) is 2. The maximum absolute atomic E-state index is 3.25. The summed E-state index contributed by atoms with van der Waals surface area (Å²) in [6, 6.07) is 4.26. The van der Waals surface area contributed by atoms with E-state index in [1.807, 2.05) is 0 Å². The predicted molar refractivity (Wildman–Crippen MR) is 44.9 cm³/mol. The van der Waals surface area contributed by atoms with Gasteiger partial charge in [-0.05, 0) is 27.7 Å². The molecule has 0 aromatic rings. The molecule has 1 rings (SSSR count). The Hall–Kier alpha value is -0.880. The maximum atomic E-state index is 3.25. The molecule has 2 heteroatoms. The van der Waals surface area contributed by atoms with E-state index in [4.69, 9.17) is 0 Å². The summed E-state index contributed by atoms with van der Waals surface area (Å²) in [5.74, 6) is 0. The molecule has 0 saturated carbocycles. The van der Waals surface area contributed by atoms with Gasteiger partial charge in [0.2, 0.25) is 12.4 Å². The molecular formula is C9H16N2+2. The molecule has 0 spiro atoms. The molecule has 1 heterocycles. The third-order valence-electron chi connectivity index (χ3n) is 1.73. The molecular weight excluding hydrogens is 136 g/mol. The Labute approximate surface area is 68.2 Å². The van der Waals surface area contributed by atoms with E-state index in [0.29, 0.717) is 12.1 Å². The summed E-state index contributed by atoms with van der Waals surface area (Å²) in [7, 11) is 0. The molecule has 0 aromatic heterocycles. The fraction of sp³-hybridized carbons (Fsp3) is 0.667. The third kappa shape index (κ3) is 1.78. The smallest absolute Gasteiger partial charge is 0.0925 e. The molecule has 11 heavy (non-hydrogen) atoms. The van der Waals surface area contributed by atoms with Crippen LogP contribution in [0.2, 0.25) is 0 Å². The molecule has 0 atom stereocenters. The van der Waals surface area contributed by atoms with Gasteiger partial charge in [0.15, 0.2) is 12.1 Å². The Kier molecular flexibility index (Phi) is 2.25. The SMILES string of the molecule is CC(C)[N+]1=C=[N+](C(C)C)C=C1. The predicted octanol–water partition coefficient (Wildman–Crippen LogP) is 1.49. The van der Waals surface area contributed by atoms with Gasteiger partial charge in [-0.2, -0.15) is 0 Å². The van der Waals surface area contributed by atoms with Gasteiger partial charge >= 0.3 is 6.01 Å². The average molecular weight is 152 g/mol. The lowest BCUT2D eigenvalue weighted by Gasteiger charge is -1.88. The summed E-state index contributed by atoms with van der Waals surface area (Å²) >= 11 is 0. The van der Waals surface area contributed by atoms with Gasteiger partial charge in [0.25, 0.3) is 0 Å². The second-order valence-electron chi connectivity index (χ2n) is 3.40. The first kappa shape index (κ1) is 8.22. The minimum absolute atomic E-state index is 0.509. The second-order valence-corrected chi connectivity index (χ2v) is 3.40. The monoisotopic (exact) mass is 152 g/mol.